The maximum absolute atomic E-state index is 11.4. The molecule has 0 aromatic heterocycles. The maximum Gasteiger partial charge on any atom is 0.311 e. The summed E-state index contributed by atoms with van der Waals surface area (Å²) in [4.78, 5) is 13.5. The Labute approximate surface area is 98.9 Å². The van der Waals surface area contributed by atoms with Gasteiger partial charge in [0, 0.05) is 6.61 Å². The number of carbonyl (C=O) groups is 1. The second-order valence-electron chi connectivity index (χ2n) is 5.16. The van der Waals surface area contributed by atoms with Gasteiger partial charge < -0.3 is 14.4 Å². The minimum atomic E-state index is -0.426. The summed E-state index contributed by atoms with van der Waals surface area (Å²) in [6, 6.07) is 0. The number of esters is 1. The third-order valence-electron chi connectivity index (χ3n) is 1.97. The summed E-state index contributed by atoms with van der Waals surface area (Å²) in [6.07, 6.45) is 1.00. The first-order chi connectivity index (χ1) is 7.34. The molecule has 0 aliphatic heterocycles. The van der Waals surface area contributed by atoms with E-state index in [1.165, 1.54) is 0 Å². The van der Waals surface area contributed by atoms with Crippen LogP contribution in [-0.4, -0.2) is 51.3 Å². The van der Waals surface area contributed by atoms with Crippen molar-refractivity contribution in [3.05, 3.63) is 0 Å². The molecule has 0 spiro atoms. The molecule has 0 bridgehead atoms. The van der Waals surface area contributed by atoms with E-state index in [9.17, 15) is 4.79 Å². The maximum atomic E-state index is 11.4. The highest BCUT2D eigenvalue weighted by molar-refractivity contribution is 5.75. The quantitative estimate of drug-likeness (QED) is 0.492. The summed E-state index contributed by atoms with van der Waals surface area (Å²) < 4.78 is 10.4. The number of hydrogen-bond donors (Lipinski definition) is 0. The van der Waals surface area contributed by atoms with Crippen LogP contribution < -0.4 is 0 Å². The third kappa shape index (κ3) is 8.68. The van der Waals surface area contributed by atoms with Crippen LogP contribution in [0, 0.1) is 5.41 Å². The number of carbonyl (C=O) groups excluding carboxylic acids is 1. The van der Waals surface area contributed by atoms with Crippen molar-refractivity contribution >= 4 is 5.97 Å². The van der Waals surface area contributed by atoms with E-state index in [0.717, 1.165) is 13.0 Å². The Kier molecular flexibility index (Phi) is 7.34. The SMILES string of the molecule is CN(C)CCCOCCOC(=O)C(C)(C)C. The number of ether oxygens (including phenoxy) is 2. The van der Waals surface area contributed by atoms with Crippen LogP contribution in [0.2, 0.25) is 0 Å². The average Bonchev–Trinajstić information content (AvgIpc) is 2.14. The van der Waals surface area contributed by atoms with Gasteiger partial charge in [-0.3, -0.25) is 4.79 Å². The van der Waals surface area contributed by atoms with Gasteiger partial charge in [0.2, 0.25) is 0 Å². The summed E-state index contributed by atoms with van der Waals surface area (Å²) in [5.74, 6) is -0.176. The standard InChI is InChI=1S/C12H25NO3/c1-12(2,3)11(14)16-10-9-15-8-6-7-13(4)5/h6-10H2,1-5H3. The normalized spacial score (nSPS) is 11.9. The van der Waals surface area contributed by atoms with Crippen molar-refractivity contribution in [2.45, 2.75) is 27.2 Å². The van der Waals surface area contributed by atoms with Crippen LogP contribution in [0.15, 0.2) is 0 Å². The lowest BCUT2D eigenvalue weighted by atomic mass is 9.97. The smallest absolute Gasteiger partial charge is 0.311 e. The fourth-order valence-corrected chi connectivity index (χ4v) is 0.995. The van der Waals surface area contributed by atoms with Crippen molar-refractivity contribution in [2.75, 3.05) is 40.5 Å². The number of nitrogens with zero attached hydrogens (tertiary/aromatic N) is 1. The lowest BCUT2D eigenvalue weighted by molar-refractivity contribution is -0.154. The summed E-state index contributed by atoms with van der Waals surface area (Å²) in [5.41, 5.74) is -0.426. The van der Waals surface area contributed by atoms with E-state index in [4.69, 9.17) is 9.47 Å². The molecule has 4 nitrogen and oxygen atoms in total. The van der Waals surface area contributed by atoms with Gasteiger partial charge in [0.25, 0.3) is 0 Å². The van der Waals surface area contributed by atoms with Gasteiger partial charge in [0.05, 0.1) is 12.0 Å². The van der Waals surface area contributed by atoms with Crippen molar-refractivity contribution in [2.24, 2.45) is 5.41 Å². The molecule has 0 fully saturated rings. The topological polar surface area (TPSA) is 38.8 Å². The molecule has 0 aliphatic carbocycles. The van der Waals surface area contributed by atoms with Crippen LogP contribution in [-0.2, 0) is 14.3 Å². The van der Waals surface area contributed by atoms with E-state index in [2.05, 4.69) is 4.90 Å². The second-order valence-corrected chi connectivity index (χ2v) is 5.16. The molecule has 0 N–H and O–H groups in total. The van der Waals surface area contributed by atoms with Gasteiger partial charge in [-0.05, 0) is 47.8 Å². The van der Waals surface area contributed by atoms with Crippen LogP contribution in [0.3, 0.4) is 0 Å². The first-order valence-electron chi connectivity index (χ1n) is 5.73. The molecule has 0 heterocycles. The number of hydrogen-bond acceptors (Lipinski definition) is 4. The molecular weight excluding hydrogens is 206 g/mol. The summed E-state index contributed by atoms with van der Waals surface area (Å²) in [6.45, 7) is 8.08. The van der Waals surface area contributed by atoms with Crippen LogP contribution in [0.5, 0.6) is 0 Å². The Morgan fingerprint density at radius 3 is 2.25 bits per heavy atom. The van der Waals surface area contributed by atoms with Crippen molar-refractivity contribution in [1.82, 2.24) is 4.90 Å². The minimum Gasteiger partial charge on any atom is -0.463 e. The van der Waals surface area contributed by atoms with E-state index >= 15 is 0 Å². The van der Waals surface area contributed by atoms with Crippen LogP contribution in [0.4, 0.5) is 0 Å². The van der Waals surface area contributed by atoms with Crippen LogP contribution in [0.1, 0.15) is 27.2 Å². The molecule has 4 heteroatoms. The largest absolute Gasteiger partial charge is 0.463 e. The van der Waals surface area contributed by atoms with Crippen LogP contribution >= 0.6 is 0 Å². The van der Waals surface area contributed by atoms with Gasteiger partial charge in [-0.1, -0.05) is 0 Å². The Bertz CT molecular complexity index is 197. The van der Waals surface area contributed by atoms with Gasteiger partial charge in [0.1, 0.15) is 6.61 Å². The molecule has 0 aromatic carbocycles. The Hall–Kier alpha value is -0.610. The van der Waals surface area contributed by atoms with Crippen molar-refractivity contribution in [1.29, 1.82) is 0 Å². The van der Waals surface area contributed by atoms with E-state index in [-0.39, 0.29) is 5.97 Å². The predicted octanol–water partition coefficient (Wildman–Crippen LogP) is 1.54. The van der Waals surface area contributed by atoms with Gasteiger partial charge in [0.15, 0.2) is 0 Å². The first kappa shape index (κ1) is 15.4. The molecule has 0 radical (unpaired) electrons. The van der Waals surface area contributed by atoms with E-state index in [0.29, 0.717) is 19.8 Å². The average molecular weight is 231 g/mol. The first-order valence-corrected chi connectivity index (χ1v) is 5.73. The van der Waals surface area contributed by atoms with Crippen molar-refractivity contribution < 1.29 is 14.3 Å². The zero-order valence-electron chi connectivity index (χ0n) is 11.2. The molecule has 0 saturated heterocycles. The molecular formula is C12H25NO3. The number of rotatable bonds is 7. The lowest BCUT2D eigenvalue weighted by Gasteiger charge is -2.16. The molecule has 0 saturated carbocycles. The van der Waals surface area contributed by atoms with E-state index in [1.54, 1.807) is 0 Å². The van der Waals surface area contributed by atoms with Gasteiger partial charge in [-0.25, -0.2) is 0 Å². The molecule has 0 amide bonds. The highest BCUT2D eigenvalue weighted by Crippen LogP contribution is 2.14. The monoisotopic (exact) mass is 231 g/mol. The molecule has 0 atom stereocenters. The van der Waals surface area contributed by atoms with Crippen LogP contribution in [0.25, 0.3) is 0 Å². The predicted molar refractivity (Wildman–Crippen MR) is 64.4 cm³/mol. The molecule has 0 aromatic rings. The summed E-state index contributed by atoms with van der Waals surface area (Å²) in [7, 11) is 4.07. The summed E-state index contributed by atoms with van der Waals surface area (Å²) in [5, 5.41) is 0. The molecule has 0 rings (SSSR count). The van der Waals surface area contributed by atoms with Gasteiger partial charge >= 0.3 is 5.97 Å². The fraction of sp³-hybridized carbons (Fsp3) is 0.917. The van der Waals surface area contributed by atoms with Crippen molar-refractivity contribution in [3.63, 3.8) is 0 Å². The Morgan fingerprint density at radius 2 is 1.75 bits per heavy atom. The van der Waals surface area contributed by atoms with Gasteiger partial charge in [-0.2, -0.15) is 0 Å². The Balaban J connectivity index is 3.31. The third-order valence-corrected chi connectivity index (χ3v) is 1.97. The fourth-order valence-electron chi connectivity index (χ4n) is 0.995. The van der Waals surface area contributed by atoms with Gasteiger partial charge in [-0.15, -0.1) is 0 Å². The molecule has 96 valence electrons. The van der Waals surface area contributed by atoms with E-state index < -0.39 is 5.41 Å². The van der Waals surface area contributed by atoms with Crippen molar-refractivity contribution in [3.8, 4) is 0 Å². The van der Waals surface area contributed by atoms with E-state index in [1.807, 2.05) is 34.9 Å². The molecule has 0 unspecified atom stereocenters. The lowest BCUT2D eigenvalue weighted by Crippen LogP contribution is -2.24. The summed E-state index contributed by atoms with van der Waals surface area (Å²) >= 11 is 0. The zero-order chi connectivity index (χ0) is 12.6. The zero-order valence-corrected chi connectivity index (χ0v) is 11.2. The Morgan fingerprint density at radius 1 is 1.12 bits per heavy atom. The molecule has 0 aliphatic rings. The minimum absolute atomic E-state index is 0.176. The highest BCUT2D eigenvalue weighted by Gasteiger charge is 2.22. The second kappa shape index (κ2) is 7.63. The highest BCUT2D eigenvalue weighted by atomic mass is 16.6. The molecule has 16 heavy (non-hydrogen) atoms.